The SMILES string of the molecule is CSc1nccn1-c1cccc(C(=O)NCc2cccnc2N2CCOCC2)c1. The van der Waals surface area contributed by atoms with E-state index in [1.54, 1.807) is 24.2 Å². The second-order valence-electron chi connectivity index (χ2n) is 6.60. The summed E-state index contributed by atoms with van der Waals surface area (Å²) in [5.74, 6) is 0.794. The van der Waals surface area contributed by atoms with Crippen LogP contribution in [0.3, 0.4) is 0 Å². The van der Waals surface area contributed by atoms with Crippen molar-refractivity contribution in [2.24, 2.45) is 0 Å². The number of nitrogens with one attached hydrogen (secondary N) is 1. The molecule has 0 unspecified atom stereocenters. The molecule has 0 aliphatic carbocycles. The number of nitrogens with zero attached hydrogens (tertiary/aromatic N) is 4. The molecule has 1 aliphatic rings. The zero-order chi connectivity index (χ0) is 20.1. The standard InChI is InChI=1S/C21H23N5O2S/c1-29-21-23-8-9-26(21)18-6-2-4-16(14-18)20(27)24-15-17-5-3-7-22-19(17)25-10-12-28-13-11-25/h2-9,14H,10-13,15H2,1H3,(H,24,27). The number of carbonyl (C=O) groups excluding carboxylic acids is 1. The molecule has 2 aromatic heterocycles. The summed E-state index contributed by atoms with van der Waals surface area (Å²) >= 11 is 1.56. The van der Waals surface area contributed by atoms with E-state index in [9.17, 15) is 4.79 Å². The predicted molar refractivity (Wildman–Crippen MR) is 114 cm³/mol. The number of hydrogen-bond acceptors (Lipinski definition) is 6. The van der Waals surface area contributed by atoms with Crippen LogP contribution in [0.1, 0.15) is 15.9 Å². The van der Waals surface area contributed by atoms with Crippen LogP contribution in [-0.4, -0.2) is 53.0 Å². The van der Waals surface area contributed by atoms with Crippen LogP contribution in [0.4, 0.5) is 5.82 Å². The van der Waals surface area contributed by atoms with E-state index in [0.717, 1.165) is 35.3 Å². The second-order valence-corrected chi connectivity index (χ2v) is 7.38. The van der Waals surface area contributed by atoms with Gasteiger partial charge in [-0.15, -0.1) is 0 Å². The molecule has 8 heteroatoms. The van der Waals surface area contributed by atoms with Gasteiger partial charge in [0.2, 0.25) is 0 Å². The number of amides is 1. The molecule has 0 bridgehead atoms. The summed E-state index contributed by atoms with van der Waals surface area (Å²) in [6, 6.07) is 11.5. The van der Waals surface area contributed by atoms with Gasteiger partial charge in [-0.1, -0.05) is 23.9 Å². The van der Waals surface area contributed by atoms with E-state index in [-0.39, 0.29) is 5.91 Å². The Morgan fingerprint density at radius 1 is 1.17 bits per heavy atom. The lowest BCUT2D eigenvalue weighted by Gasteiger charge is -2.29. The normalized spacial score (nSPS) is 14.0. The summed E-state index contributed by atoms with van der Waals surface area (Å²) in [5.41, 5.74) is 2.52. The maximum Gasteiger partial charge on any atom is 0.251 e. The fourth-order valence-electron chi connectivity index (χ4n) is 3.34. The minimum Gasteiger partial charge on any atom is -0.378 e. The van der Waals surface area contributed by atoms with Gasteiger partial charge in [-0.25, -0.2) is 9.97 Å². The summed E-state index contributed by atoms with van der Waals surface area (Å²) in [7, 11) is 0. The molecule has 1 saturated heterocycles. The fraction of sp³-hybridized carbons (Fsp3) is 0.286. The van der Waals surface area contributed by atoms with Crippen LogP contribution in [0.15, 0.2) is 60.1 Å². The molecule has 150 valence electrons. The zero-order valence-electron chi connectivity index (χ0n) is 16.2. The van der Waals surface area contributed by atoms with Gasteiger partial charge in [0, 0.05) is 55.0 Å². The van der Waals surface area contributed by atoms with Gasteiger partial charge in [-0.3, -0.25) is 9.36 Å². The molecule has 0 saturated carbocycles. The number of rotatable bonds is 6. The third-order valence-electron chi connectivity index (χ3n) is 4.79. The number of thioether (sulfide) groups is 1. The fourth-order valence-corrected chi connectivity index (χ4v) is 3.87. The Labute approximate surface area is 174 Å². The van der Waals surface area contributed by atoms with Crippen LogP contribution in [-0.2, 0) is 11.3 Å². The van der Waals surface area contributed by atoms with E-state index in [0.29, 0.717) is 25.3 Å². The molecule has 0 spiro atoms. The van der Waals surface area contributed by atoms with Crippen LogP contribution >= 0.6 is 11.8 Å². The van der Waals surface area contributed by atoms with Gasteiger partial charge in [-0.05, 0) is 30.5 Å². The van der Waals surface area contributed by atoms with Crippen molar-refractivity contribution in [1.82, 2.24) is 19.9 Å². The number of benzene rings is 1. The number of pyridine rings is 1. The van der Waals surface area contributed by atoms with Crippen LogP contribution < -0.4 is 10.2 Å². The first kappa shape index (κ1) is 19.5. The lowest BCUT2D eigenvalue weighted by molar-refractivity contribution is 0.0950. The van der Waals surface area contributed by atoms with Gasteiger partial charge in [0.05, 0.1) is 13.2 Å². The van der Waals surface area contributed by atoms with E-state index < -0.39 is 0 Å². The summed E-state index contributed by atoms with van der Waals surface area (Å²) in [6.07, 6.45) is 7.42. The third kappa shape index (κ3) is 4.44. The second kappa shape index (κ2) is 9.11. The van der Waals surface area contributed by atoms with Crippen LogP contribution in [0.2, 0.25) is 0 Å². The Hall–Kier alpha value is -2.84. The highest BCUT2D eigenvalue weighted by atomic mass is 32.2. The number of ether oxygens (including phenoxy) is 1. The smallest absolute Gasteiger partial charge is 0.251 e. The van der Waals surface area contributed by atoms with Gasteiger partial charge < -0.3 is 15.0 Å². The number of imidazole rings is 1. The summed E-state index contributed by atoms with van der Waals surface area (Å²) in [4.78, 5) is 23.8. The Morgan fingerprint density at radius 2 is 2.03 bits per heavy atom. The van der Waals surface area contributed by atoms with Gasteiger partial charge in [0.15, 0.2) is 5.16 Å². The Bertz CT molecular complexity index is 984. The van der Waals surface area contributed by atoms with E-state index in [1.165, 1.54) is 0 Å². The minimum atomic E-state index is -0.116. The molecular weight excluding hydrogens is 386 g/mol. The van der Waals surface area contributed by atoms with Crippen molar-refractivity contribution in [3.63, 3.8) is 0 Å². The van der Waals surface area contributed by atoms with Crippen molar-refractivity contribution in [1.29, 1.82) is 0 Å². The molecule has 0 radical (unpaired) electrons. The predicted octanol–water partition coefficient (Wildman–Crippen LogP) is 2.76. The van der Waals surface area contributed by atoms with E-state index in [4.69, 9.17) is 4.74 Å². The van der Waals surface area contributed by atoms with Crippen LogP contribution in [0, 0.1) is 0 Å². The topological polar surface area (TPSA) is 72.3 Å². The number of anilines is 1. The van der Waals surface area contributed by atoms with Crippen molar-refractivity contribution in [2.75, 3.05) is 37.5 Å². The Kier molecular flexibility index (Phi) is 6.12. The summed E-state index contributed by atoms with van der Waals surface area (Å²) in [6.45, 7) is 3.43. The molecular formula is C21H23N5O2S. The van der Waals surface area contributed by atoms with Gasteiger partial charge in [0.25, 0.3) is 5.91 Å². The monoisotopic (exact) mass is 409 g/mol. The molecule has 3 aromatic rings. The van der Waals surface area contributed by atoms with Gasteiger partial charge >= 0.3 is 0 Å². The number of carbonyl (C=O) groups is 1. The largest absolute Gasteiger partial charge is 0.378 e. The Balaban J connectivity index is 1.48. The highest BCUT2D eigenvalue weighted by molar-refractivity contribution is 7.98. The quantitative estimate of drug-likeness (QED) is 0.631. The molecule has 7 nitrogen and oxygen atoms in total. The maximum absolute atomic E-state index is 12.8. The third-order valence-corrected chi connectivity index (χ3v) is 5.46. The van der Waals surface area contributed by atoms with Crippen molar-refractivity contribution >= 4 is 23.5 Å². The zero-order valence-corrected chi connectivity index (χ0v) is 17.1. The molecule has 1 amide bonds. The minimum absolute atomic E-state index is 0.116. The van der Waals surface area contributed by atoms with Crippen LogP contribution in [0.5, 0.6) is 0 Å². The van der Waals surface area contributed by atoms with Gasteiger partial charge in [0.1, 0.15) is 5.82 Å². The van der Waals surface area contributed by atoms with Crippen molar-refractivity contribution in [3.8, 4) is 5.69 Å². The number of morpholine rings is 1. The van der Waals surface area contributed by atoms with E-state index in [1.807, 2.05) is 53.4 Å². The molecule has 1 N–H and O–H groups in total. The first-order valence-electron chi connectivity index (χ1n) is 9.49. The van der Waals surface area contributed by atoms with Gasteiger partial charge in [-0.2, -0.15) is 0 Å². The van der Waals surface area contributed by atoms with Crippen molar-refractivity contribution in [2.45, 2.75) is 11.7 Å². The molecule has 3 heterocycles. The number of hydrogen-bond donors (Lipinski definition) is 1. The lowest BCUT2D eigenvalue weighted by atomic mass is 10.1. The Morgan fingerprint density at radius 3 is 2.86 bits per heavy atom. The summed E-state index contributed by atoms with van der Waals surface area (Å²) < 4.78 is 7.40. The molecule has 29 heavy (non-hydrogen) atoms. The average Bonchev–Trinajstić information content (AvgIpc) is 3.27. The highest BCUT2D eigenvalue weighted by Crippen LogP contribution is 2.20. The summed E-state index contributed by atoms with van der Waals surface area (Å²) in [5, 5.41) is 3.91. The molecule has 0 atom stereocenters. The van der Waals surface area contributed by atoms with Crippen molar-refractivity contribution in [3.05, 3.63) is 66.1 Å². The van der Waals surface area contributed by atoms with Crippen molar-refractivity contribution < 1.29 is 9.53 Å². The molecule has 1 aliphatic heterocycles. The molecule has 4 rings (SSSR count). The molecule has 1 fully saturated rings. The average molecular weight is 410 g/mol. The van der Waals surface area contributed by atoms with E-state index in [2.05, 4.69) is 20.2 Å². The maximum atomic E-state index is 12.8. The lowest BCUT2D eigenvalue weighted by Crippen LogP contribution is -2.37. The first-order chi connectivity index (χ1) is 14.3. The van der Waals surface area contributed by atoms with E-state index >= 15 is 0 Å². The highest BCUT2D eigenvalue weighted by Gasteiger charge is 2.16. The molecule has 1 aromatic carbocycles. The number of aromatic nitrogens is 3. The first-order valence-corrected chi connectivity index (χ1v) is 10.7. The van der Waals surface area contributed by atoms with Crippen LogP contribution in [0.25, 0.3) is 5.69 Å².